The smallest absolute Gasteiger partial charge is 0.427 e. The van der Waals surface area contributed by atoms with Crippen LogP contribution in [0.25, 0.3) is 0 Å². The van der Waals surface area contributed by atoms with E-state index in [0.29, 0.717) is 6.54 Å². The molecule has 1 amide bonds. The lowest BCUT2D eigenvalue weighted by molar-refractivity contribution is -0.130. The van der Waals surface area contributed by atoms with Crippen LogP contribution >= 0.6 is 0 Å². The summed E-state index contributed by atoms with van der Waals surface area (Å²) < 4.78 is 0. The number of nitrogens with zero attached hydrogens (tertiary/aromatic N) is 1. The lowest BCUT2D eigenvalue weighted by Gasteiger charge is -2.26. The normalized spacial score (nSPS) is 24.1. The van der Waals surface area contributed by atoms with Crippen LogP contribution in [0, 0.1) is 5.92 Å². The van der Waals surface area contributed by atoms with Gasteiger partial charge < -0.3 is 20.3 Å². The maximum absolute atomic E-state index is 12.2. The number of nitrogens with one attached hydrogen (secondary N) is 1. The van der Waals surface area contributed by atoms with Crippen LogP contribution in [0.4, 0.5) is 0 Å². The fourth-order valence-corrected chi connectivity index (χ4v) is 3.53. The van der Waals surface area contributed by atoms with Gasteiger partial charge in [0.25, 0.3) is 0 Å². The molecule has 0 unspecified atom stereocenters. The molecule has 1 heterocycles. The highest BCUT2D eigenvalue weighted by molar-refractivity contribution is 6.41. The zero-order chi connectivity index (χ0) is 14.4. The number of amides is 1. The van der Waals surface area contributed by atoms with Gasteiger partial charge >= 0.3 is 7.12 Å². The van der Waals surface area contributed by atoms with E-state index in [1.807, 2.05) is 4.90 Å². The Bertz CT molecular complexity index is 309. The molecule has 1 aliphatic heterocycles. The summed E-state index contributed by atoms with van der Waals surface area (Å²) in [6.45, 7) is 2.07. The molecule has 1 saturated carbocycles. The van der Waals surface area contributed by atoms with Gasteiger partial charge in [-0.25, -0.2) is 0 Å². The molecule has 0 aromatic heterocycles. The third-order valence-electron chi connectivity index (χ3n) is 4.61. The molecule has 1 saturated heterocycles. The highest BCUT2D eigenvalue weighted by atomic mass is 16.4. The summed E-state index contributed by atoms with van der Waals surface area (Å²) in [5.41, 5.74) is 0. The van der Waals surface area contributed by atoms with Crippen molar-refractivity contribution in [2.75, 3.05) is 19.6 Å². The average Bonchev–Trinajstić information content (AvgIpc) is 2.87. The molecule has 0 radical (unpaired) electrons. The molecule has 3 N–H and O–H groups in total. The quantitative estimate of drug-likeness (QED) is 0.624. The molecule has 0 spiro atoms. The Hall–Kier alpha value is -0.585. The van der Waals surface area contributed by atoms with E-state index >= 15 is 0 Å². The molecule has 0 aromatic carbocycles. The zero-order valence-corrected chi connectivity index (χ0v) is 12.3. The number of rotatable bonds is 6. The molecule has 0 aromatic rings. The number of carbonyl (C=O) groups is 1. The highest BCUT2D eigenvalue weighted by Crippen LogP contribution is 2.23. The molecule has 20 heavy (non-hydrogen) atoms. The Kier molecular flexibility index (Phi) is 6.32. The molecule has 2 aliphatic rings. The summed E-state index contributed by atoms with van der Waals surface area (Å²) in [5.74, 6) is 0.828. The fourth-order valence-electron chi connectivity index (χ4n) is 3.53. The van der Waals surface area contributed by atoms with Crippen molar-refractivity contribution >= 4 is 13.0 Å². The van der Waals surface area contributed by atoms with Gasteiger partial charge in [-0.3, -0.25) is 4.79 Å². The van der Waals surface area contributed by atoms with E-state index in [0.717, 1.165) is 31.8 Å². The first-order valence-corrected chi connectivity index (χ1v) is 8.03. The predicted octanol–water partition coefficient (Wildman–Crippen LogP) is 0.620. The van der Waals surface area contributed by atoms with Crippen LogP contribution in [-0.4, -0.2) is 53.6 Å². The van der Waals surface area contributed by atoms with Crippen molar-refractivity contribution in [2.45, 2.75) is 57.3 Å². The number of likely N-dealkylation sites (tertiary alicyclic amines) is 1. The predicted molar refractivity (Wildman–Crippen MR) is 79.2 cm³/mol. The third-order valence-corrected chi connectivity index (χ3v) is 4.61. The summed E-state index contributed by atoms with van der Waals surface area (Å²) in [6.07, 6.45) is 8.68. The van der Waals surface area contributed by atoms with Gasteiger partial charge in [-0.05, 0) is 38.1 Å². The minimum absolute atomic E-state index is 0.000944. The Morgan fingerprint density at radius 3 is 2.60 bits per heavy atom. The first kappa shape index (κ1) is 15.8. The molecule has 114 valence electrons. The van der Waals surface area contributed by atoms with Crippen LogP contribution < -0.4 is 5.32 Å². The van der Waals surface area contributed by atoms with Crippen molar-refractivity contribution in [3.63, 3.8) is 0 Å². The molecule has 1 aliphatic carbocycles. The topological polar surface area (TPSA) is 72.8 Å². The summed E-state index contributed by atoms with van der Waals surface area (Å²) in [7, 11) is -1.32. The molecule has 1 atom stereocenters. The van der Waals surface area contributed by atoms with Crippen molar-refractivity contribution in [3.05, 3.63) is 0 Å². The van der Waals surface area contributed by atoms with Crippen LogP contribution in [-0.2, 0) is 4.79 Å². The van der Waals surface area contributed by atoms with Crippen molar-refractivity contribution in [2.24, 2.45) is 5.92 Å². The SMILES string of the molecule is O=C(CNCC1CCCCC1)N1CCC[C@H]1CB(O)O. The fraction of sp³-hybridized carbons (Fsp3) is 0.929. The van der Waals surface area contributed by atoms with Gasteiger partial charge in [0.2, 0.25) is 5.91 Å². The van der Waals surface area contributed by atoms with Crippen molar-refractivity contribution in [1.29, 1.82) is 0 Å². The Labute approximate surface area is 121 Å². The van der Waals surface area contributed by atoms with Gasteiger partial charge in [0.15, 0.2) is 0 Å². The van der Waals surface area contributed by atoms with Crippen LogP contribution in [0.1, 0.15) is 44.9 Å². The van der Waals surface area contributed by atoms with Crippen molar-refractivity contribution < 1.29 is 14.8 Å². The molecular weight excluding hydrogens is 255 g/mol. The summed E-state index contributed by atoms with van der Waals surface area (Å²) in [5, 5.41) is 21.4. The zero-order valence-electron chi connectivity index (χ0n) is 12.3. The van der Waals surface area contributed by atoms with E-state index in [9.17, 15) is 4.79 Å². The van der Waals surface area contributed by atoms with Gasteiger partial charge in [0, 0.05) is 18.9 Å². The van der Waals surface area contributed by atoms with Crippen molar-refractivity contribution in [3.8, 4) is 0 Å². The molecule has 6 heteroatoms. The lowest BCUT2D eigenvalue weighted by atomic mass is 9.81. The summed E-state index contributed by atoms with van der Waals surface area (Å²) in [4.78, 5) is 14.0. The van der Waals surface area contributed by atoms with E-state index in [4.69, 9.17) is 10.0 Å². The molecule has 0 bridgehead atoms. The van der Waals surface area contributed by atoms with Gasteiger partial charge in [0.05, 0.1) is 6.54 Å². The van der Waals surface area contributed by atoms with E-state index in [2.05, 4.69) is 5.32 Å². The summed E-state index contributed by atoms with van der Waals surface area (Å²) in [6, 6.07) is -0.000944. The van der Waals surface area contributed by atoms with Gasteiger partial charge in [-0.2, -0.15) is 0 Å². The Morgan fingerprint density at radius 2 is 1.90 bits per heavy atom. The molecule has 2 rings (SSSR count). The average molecular weight is 282 g/mol. The highest BCUT2D eigenvalue weighted by Gasteiger charge is 2.31. The second-order valence-electron chi connectivity index (χ2n) is 6.23. The monoisotopic (exact) mass is 282 g/mol. The number of hydrogen-bond acceptors (Lipinski definition) is 4. The van der Waals surface area contributed by atoms with E-state index in [-0.39, 0.29) is 18.3 Å². The molecule has 5 nitrogen and oxygen atoms in total. The summed E-state index contributed by atoms with van der Waals surface area (Å²) >= 11 is 0. The molecule has 2 fully saturated rings. The van der Waals surface area contributed by atoms with Gasteiger partial charge in [-0.15, -0.1) is 0 Å². The van der Waals surface area contributed by atoms with Gasteiger partial charge in [-0.1, -0.05) is 19.3 Å². The number of carbonyl (C=O) groups excluding carboxylic acids is 1. The minimum atomic E-state index is -1.32. The largest absolute Gasteiger partial charge is 0.453 e. The number of hydrogen-bond donors (Lipinski definition) is 3. The van der Waals surface area contributed by atoms with Crippen LogP contribution in [0.3, 0.4) is 0 Å². The standard InChI is InChI=1S/C14H27BN2O3/c18-14(11-16-10-12-5-2-1-3-6-12)17-8-4-7-13(17)9-15(19)20/h12-13,16,19-20H,1-11H2/t13-/m0/s1. The van der Waals surface area contributed by atoms with E-state index < -0.39 is 7.12 Å². The lowest BCUT2D eigenvalue weighted by Crippen LogP contribution is -2.43. The molecular formula is C14H27BN2O3. The van der Waals surface area contributed by atoms with E-state index in [1.54, 1.807) is 0 Å². The maximum Gasteiger partial charge on any atom is 0.453 e. The first-order valence-electron chi connectivity index (χ1n) is 8.03. The van der Waals surface area contributed by atoms with Crippen LogP contribution in [0.5, 0.6) is 0 Å². The van der Waals surface area contributed by atoms with Crippen LogP contribution in [0.2, 0.25) is 6.32 Å². The maximum atomic E-state index is 12.2. The third kappa shape index (κ3) is 4.75. The first-order chi connectivity index (χ1) is 9.66. The second-order valence-corrected chi connectivity index (χ2v) is 6.23. The Balaban J connectivity index is 1.68. The minimum Gasteiger partial charge on any atom is -0.427 e. The second kappa shape index (κ2) is 8.00. The Morgan fingerprint density at radius 1 is 1.15 bits per heavy atom. The van der Waals surface area contributed by atoms with Crippen molar-refractivity contribution in [1.82, 2.24) is 10.2 Å². The van der Waals surface area contributed by atoms with Gasteiger partial charge in [0.1, 0.15) is 0 Å². The van der Waals surface area contributed by atoms with Crippen LogP contribution in [0.15, 0.2) is 0 Å². The van der Waals surface area contributed by atoms with E-state index in [1.165, 1.54) is 32.1 Å².